The van der Waals surface area contributed by atoms with E-state index in [9.17, 15) is 14.0 Å². The van der Waals surface area contributed by atoms with Crippen LogP contribution in [0, 0.1) is 5.82 Å². The molecule has 2 heterocycles. The molecule has 0 saturated heterocycles. The number of benzene rings is 2. The third-order valence-corrected chi connectivity index (χ3v) is 5.54. The largest absolute Gasteiger partial charge is 0.324 e. The van der Waals surface area contributed by atoms with Crippen LogP contribution < -0.4 is 10.9 Å². The van der Waals surface area contributed by atoms with Crippen LogP contribution in [0.4, 0.5) is 10.1 Å². The molecule has 1 amide bonds. The summed E-state index contributed by atoms with van der Waals surface area (Å²) in [4.78, 5) is 29.4. The van der Waals surface area contributed by atoms with E-state index in [2.05, 4.69) is 10.3 Å². The van der Waals surface area contributed by atoms with E-state index < -0.39 is 5.82 Å². The molecule has 0 aliphatic carbocycles. The first-order valence-corrected chi connectivity index (χ1v) is 9.34. The Kier molecular flexibility index (Phi) is 4.45. The van der Waals surface area contributed by atoms with Gasteiger partial charge in [-0.05, 0) is 30.2 Å². The van der Waals surface area contributed by atoms with Crippen molar-refractivity contribution < 1.29 is 9.18 Å². The molecular formula is C20H16FN3O2S. The van der Waals surface area contributed by atoms with Gasteiger partial charge in [0, 0.05) is 10.4 Å². The average molecular weight is 381 g/mol. The number of para-hydroxylation sites is 1. The molecule has 2 aromatic heterocycles. The second kappa shape index (κ2) is 6.92. The zero-order valence-electron chi connectivity index (χ0n) is 14.5. The number of halogens is 1. The van der Waals surface area contributed by atoms with E-state index in [-0.39, 0.29) is 18.0 Å². The lowest BCUT2D eigenvalue weighted by Crippen LogP contribution is -2.27. The summed E-state index contributed by atoms with van der Waals surface area (Å²) in [5.41, 5.74) is 1.74. The third kappa shape index (κ3) is 3.10. The Morgan fingerprint density at radius 1 is 1.22 bits per heavy atom. The molecule has 0 aliphatic rings. The number of aryl methyl sites for hydroxylation is 1. The molecule has 136 valence electrons. The van der Waals surface area contributed by atoms with Crippen molar-refractivity contribution in [2.45, 2.75) is 19.9 Å². The number of fused-ring (bicyclic) bond motifs is 3. The van der Waals surface area contributed by atoms with Gasteiger partial charge in [-0.2, -0.15) is 0 Å². The number of nitrogens with one attached hydrogen (secondary N) is 1. The molecular weight excluding hydrogens is 365 g/mol. The highest BCUT2D eigenvalue weighted by Gasteiger charge is 2.16. The Labute approximate surface area is 158 Å². The molecule has 5 nitrogen and oxygen atoms in total. The standard InChI is InChI=1S/C20H16FN3O2S/c1-2-12-6-3-4-8-14(12)23-16(25)10-24-11-22-18-17-13(21)7-5-9-15(17)27-19(18)20(24)26/h3-9,11H,2,10H2,1H3,(H,23,25). The first-order valence-electron chi connectivity index (χ1n) is 8.52. The normalized spacial score (nSPS) is 11.2. The molecule has 0 radical (unpaired) electrons. The van der Waals surface area contributed by atoms with E-state index in [1.807, 2.05) is 31.2 Å². The number of hydrogen-bond donors (Lipinski definition) is 1. The maximum absolute atomic E-state index is 14.1. The summed E-state index contributed by atoms with van der Waals surface area (Å²) in [6.07, 6.45) is 2.09. The molecule has 7 heteroatoms. The predicted octanol–water partition coefficient (Wildman–Crippen LogP) is 3.95. The highest BCUT2D eigenvalue weighted by molar-refractivity contribution is 7.25. The summed E-state index contributed by atoms with van der Waals surface area (Å²) in [6, 6.07) is 12.2. The van der Waals surface area contributed by atoms with E-state index in [1.54, 1.807) is 12.1 Å². The highest BCUT2D eigenvalue weighted by Crippen LogP contribution is 2.31. The Bertz CT molecular complexity index is 1230. The Morgan fingerprint density at radius 2 is 2.04 bits per heavy atom. The summed E-state index contributed by atoms with van der Waals surface area (Å²) < 4.78 is 16.4. The summed E-state index contributed by atoms with van der Waals surface area (Å²) in [7, 11) is 0. The minimum atomic E-state index is -0.405. The quantitative estimate of drug-likeness (QED) is 0.582. The van der Waals surface area contributed by atoms with Gasteiger partial charge in [0.1, 0.15) is 17.1 Å². The molecule has 4 aromatic rings. The van der Waals surface area contributed by atoms with Gasteiger partial charge in [-0.15, -0.1) is 11.3 Å². The number of rotatable bonds is 4. The number of amides is 1. The smallest absolute Gasteiger partial charge is 0.271 e. The van der Waals surface area contributed by atoms with E-state index in [4.69, 9.17) is 0 Å². The van der Waals surface area contributed by atoms with Crippen molar-refractivity contribution in [2.24, 2.45) is 0 Å². The number of aromatic nitrogens is 2. The third-order valence-electron chi connectivity index (χ3n) is 4.41. The number of anilines is 1. The van der Waals surface area contributed by atoms with Gasteiger partial charge >= 0.3 is 0 Å². The van der Waals surface area contributed by atoms with Gasteiger partial charge in [-0.3, -0.25) is 14.2 Å². The SMILES string of the molecule is CCc1ccccc1NC(=O)Cn1cnc2c(sc3cccc(F)c32)c1=O. The number of nitrogens with zero attached hydrogens (tertiary/aromatic N) is 2. The van der Waals surface area contributed by atoms with Gasteiger partial charge in [-0.25, -0.2) is 9.37 Å². The van der Waals surface area contributed by atoms with Crippen molar-refractivity contribution in [3.8, 4) is 0 Å². The van der Waals surface area contributed by atoms with Gasteiger partial charge in [0.15, 0.2) is 0 Å². The van der Waals surface area contributed by atoms with E-state index in [0.717, 1.165) is 17.7 Å². The van der Waals surface area contributed by atoms with Crippen LogP contribution in [-0.4, -0.2) is 15.5 Å². The van der Waals surface area contributed by atoms with Crippen molar-refractivity contribution in [1.82, 2.24) is 9.55 Å². The number of hydrogen-bond acceptors (Lipinski definition) is 4. The van der Waals surface area contributed by atoms with E-state index >= 15 is 0 Å². The fourth-order valence-electron chi connectivity index (χ4n) is 3.08. The fraction of sp³-hybridized carbons (Fsp3) is 0.150. The second-order valence-electron chi connectivity index (χ2n) is 6.13. The van der Waals surface area contributed by atoms with Crippen LogP contribution in [0.5, 0.6) is 0 Å². The molecule has 2 aromatic carbocycles. The zero-order valence-corrected chi connectivity index (χ0v) is 15.3. The lowest BCUT2D eigenvalue weighted by molar-refractivity contribution is -0.116. The molecule has 0 fully saturated rings. The second-order valence-corrected chi connectivity index (χ2v) is 7.18. The number of carbonyl (C=O) groups excluding carboxylic acids is 1. The maximum atomic E-state index is 14.1. The average Bonchev–Trinajstić information content (AvgIpc) is 3.05. The zero-order chi connectivity index (χ0) is 19.0. The molecule has 0 aliphatic heterocycles. The highest BCUT2D eigenvalue weighted by atomic mass is 32.1. The maximum Gasteiger partial charge on any atom is 0.271 e. The summed E-state index contributed by atoms with van der Waals surface area (Å²) in [5, 5.41) is 3.19. The van der Waals surface area contributed by atoms with Crippen LogP contribution in [0.3, 0.4) is 0 Å². The van der Waals surface area contributed by atoms with Crippen LogP contribution in [-0.2, 0) is 17.8 Å². The first kappa shape index (κ1) is 17.4. The molecule has 0 bridgehead atoms. The first-order chi connectivity index (χ1) is 13.1. The minimum absolute atomic E-state index is 0.156. The van der Waals surface area contributed by atoms with Crippen LogP contribution in [0.1, 0.15) is 12.5 Å². The van der Waals surface area contributed by atoms with Crippen molar-refractivity contribution in [3.05, 3.63) is 70.5 Å². The van der Waals surface area contributed by atoms with Gasteiger partial charge in [0.25, 0.3) is 5.56 Å². The summed E-state index contributed by atoms with van der Waals surface area (Å²) >= 11 is 1.19. The van der Waals surface area contributed by atoms with Crippen LogP contribution >= 0.6 is 11.3 Å². The molecule has 1 N–H and O–H groups in total. The molecule has 0 unspecified atom stereocenters. The van der Waals surface area contributed by atoms with Crippen LogP contribution in [0.25, 0.3) is 20.3 Å². The summed E-state index contributed by atoms with van der Waals surface area (Å²) in [6.45, 7) is 1.85. The molecule has 0 spiro atoms. The van der Waals surface area contributed by atoms with E-state index in [1.165, 1.54) is 28.3 Å². The molecule has 27 heavy (non-hydrogen) atoms. The van der Waals surface area contributed by atoms with Gasteiger partial charge in [0.2, 0.25) is 5.91 Å². The van der Waals surface area contributed by atoms with Gasteiger partial charge in [-0.1, -0.05) is 31.2 Å². The van der Waals surface area contributed by atoms with Gasteiger partial charge < -0.3 is 5.32 Å². The van der Waals surface area contributed by atoms with Crippen molar-refractivity contribution in [1.29, 1.82) is 0 Å². The number of carbonyl (C=O) groups is 1. The number of thiophene rings is 1. The lowest BCUT2D eigenvalue weighted by atomic mass is 10.1. The van der Waals surface area contributed by atoms with Crippen LogP contribution in [0.2, 0.25) is 0 Å². The van der Waals surface area contributed by atoms with Gasteiger partial charge in [0.05, 0.1) is 17.2 Å². The fourth-order valence-corrected chi connectivity index (χ4v) is 4.20. The topological polar surface area (TPSA) is 64.0 Å². The monoisotopic (exact) mass is 381 g/mol. The van der Waals surface area contributed by atoms with Crippen molar-refractivity contribution in [3.63, 3.8) is 0 Å². The van der Waals surface area contributed by atoms with Crippen LogP contribution in [0.15, 0.2) is 53.6 Å². The predicted molar refractivity (Wildman–Crippen MR) is 106 cm³/mol. The van der Waals surface area contributed by atoms with Crippen molar-refractivity contribution >= 4 is 43.2 Å². The summed E-state index contributed by atoms with van der Waals surface area (Å²) in [5.74, 6) is -0.719. The Hall–Kier alpha value is -3.06. The van der Waals surface area contributed by atoms with E-state index in [0.29, 0.717) is 20.3 Å². The Balaban J connectivity index is 1.67. The molecule has 0 saturated carbocycles. The lowest BCUT2D eigenvalue weighted by Gasteiger charge is -2.10. The molecule has 0 atom stereocenters. The Morgan fingerprint density at radius 3 is 2.85 bits per heavy atom. The van der Waals surface area contributed by atoms with Crippen molar-refractivity contribution in [2.75, 3.05) is 5.32 Å². The minimum Gasteiger partial charge on any atom is -0.324 e. The molecule has 4 rings (SSSR count).